The number of benzene rings is 1. The lowest BCUT2D eigenvalue weighted by Gasteiger charge is -2.36. The average molecular weight is 514 g/mol. The first kappa shape index (κ1) is 23.6. The maximum absolute atomic E-state index is 13.0. The number of halogens is 2. The molecule has 182 valence electrons. The van der Waals surface area contributed by atoms with Gasteiger partial charge >= 0.3 is 0 Å². The summed E-state index contributed by atoms with van der Waals surface area (Å²) in [6.45, 7) is 2.75. The molecule has 2 aromatic heterocycles. The summed E-state index contributed by atoms with van der Waals surface area (Å²) < 4.78 is 5.40. The minimum Gasteiger partial charge on any atom is -0.467 e. The van der Waals surface area contributed by atoms with Gasteiger partial charge in [-0.1, -0.05) is 23.2 Å². The lowest BCUT2D eigenvalue weighted by atomic mass is 10.1. The van der Waals surface area contributed by atoms with Crippen molar-refractivity contribution in [1.82, 2.24) is 20.0 Å². The zero-order valence-corrected chi connectivity index (χ0v) is 20.6. The van der Waals surface area contributed by atoms with Gasteiger partial charge in [0.25, 0.3) is 0 Å². The molecular weight excluding hydrogens is 489 g/mol. The van der Waals surface area contributed by atoms with Gasteiger partial charge in [0, 0.05) is 42.7 Å². The summed E-state index contributed by atoms with van der Waals surface area (Å²) in [6.07, 6.45) is 3.37. The number of anilines is 1. The Morgan fingerprint density at radius 3 is 2.46 bits per heavy atom. The Hall–Kier alpha value is -3.10. The summed E-state index contributed by atoms with van der Waals surface area (Å²) in [5.74, 6) is 1.44. The SMILES string of the molecule is O=C(CN(Cc1ccco1)C(=O)C1CC1)N1CCN(c2ccc(-c3ccc(Cl)cc3Cl)nn2)CC1. The van der Waals surface area contributed by atoms with E-state index in [4.69, 9.17) is 27.6 Å². The average Bonchev–Trinajstić information content (AvgIpc) is 3.59. The van der Waals surface area contributed by atoms with Crippen molar-refractivity contribution >= 4 is 40.8 Å². The van der Waals surface area contributed by atoms with E-state index in [0.717, 1.165) is 24.2 Å². The largest absolute Gasteiger partial charge is 0.467 e. The van der Waals surface area contributed by atoms with Crippen LogP contribution in [0.5, 0.6) is 0 Å². The molecule has 1 aliphatic carbocycles. The first-order valence-electron chi connectivity index (χ1n) is 11.6. The molecule has 0 spiro atoms. The maximum atomic E-state index is 13.0. The van der Waals surface area contributed by atoms with Crippen LogP contribution in [0.1, 0.15) is 18.6 Å². The number of hydrogen-bond donors (Lipinski definition) is 0. The summed E-state index contributed by atoms with van der Waals surface area (Å²) in [7, 11) is 0. The number of amides is 2. The number of rotatable bonds is 7. The third-order valence-electron chi connectivity index (χ3n) is 6.31. The van der Waals surface area contributed by atoms with Gasteiger partial charge in [-0.2, -0.15) is 0 Å². The number of piperazine rings is 1. The highest BCUT2D eigenvalue weighted by molar-refractivity contribution is 6.36. The summed E-state index contributed by atoms with van der Waals surface area (Å²) in [6, 6.07) is 12.7. The molecule has 1 saturated carbocycles. The highest BCUT2D eigenvalue weighted by Crippen LogP contribution is 2.32. The van der Waals surface area contributed by atoms with Crippen molar-refractivity contribution in [1.29, 1.82) is 0 Å². The van der Waals surface area contributed by atoms with Crippen molar-refractivity contribution in [3.8, 4) is 11.3 Å². The molecule has 5 rings (SSSR count). The fraction of sp³-hybridized carbons (Fsp3) is 0.360. The van der Waals surface area contributed by atoms with Gasteiger partial charge < -0.3 is 19.1 Å². The van der Waals surface area contributed by atoms with Crippen LogP contribution in [0.4, 0.5) is 5.82 Å². The van der Waals surface area contributed by atoms with E-state index in [1.807, 2.05) is 24.3 Å². The predicted octanol–water partition coefficient (Wildman–Crippen LogP) is 4.13. The summed E-state index contributed by atoms with van der Waals surface area (Å²) in [5.41, 5.74) is 1.44. The van der Waals surface area contributed by atoms with Gasteiger partial charge in [0.05, 0.1) is 23.5 Å². The monoisotopic (exact) mass is 513 g/mol. The molecule has 10 heteroatoms. The lowest BCUT2D eigenvalue weighted by Crippen LogP contribution is -2.52. The molecule has 1 saturated heterocycles. The second kappa shape index (κ2) is 10.3. The number of hydrogen-bond acceptors (Lipinski definition) is 6. The van der Waals surface area contributed by atoms with Crippen molar-refractivity contribution in [2.24, 2.45) is 5.92 Å². The van der Waals surface area contributed by atoms with Crippen LogP contribution in [0.2, 0.25) is 10.0 Å². The van der Waals surface area contributed by atoms with Gasteiger partial charge in [-0.3, -0.25) is 9.59 Å². The second-order valence-corrected chi connectivity index (χ2v) is 9.66. The zero-order valence-electron chi connectivity index (χ0n) is 19.1. The first-order chi connectivity index (χ1) is 17.0. The normalized spacial score (nSPS) is 15.8. The summed E-state index contributed by atoms with van der Waals surface area (Å²) in [5, 5.41) is 9.79. The Bertz CT molecular complexity index is 1190. The van der Waals surface area contributed by atoms with Crippen LogP contribution in [0.3, 0.4) is 0 Å². The summed E-state index contributed by atoms with van der Waals surface area (Å²) >= 11 is 12.3. The van der Waals surface area contributed by atoms with E-state index in [1.54, 1.807) is 34.3 Å². The van der Waals surface area contributed by atoms with Gasteiger partial charge in [-0.15, -0.1) is 10.2 Å². The molecule has 8 nitrogen and oxygen atoms in total. The molecular formula is C25H25Cl2N5O3. The number of carbonyl (C=O) groups excluding carboxylic acids is 2. The highest BCUT2D eigenvalue weighted by Gasteiger charge is 2.35. The van der Waals surface area contributed by atoms with E-state index in [9.17, 15) is 9.59 Å². The van der Waals surface area contributed by atoms with E-state index >= 15 is 0 Å². The first-order valence-corrected chi connectivity index (χ1v) is 12.4. The smallest absolute Gasteiger partial charge is 0.242 e. The molecule has 2 aliphatic rings. The van der Waals surface area contributed by atoms with Crippen molar-refractivity contribution in [3.63, 3.8) is 0 Å². The topological polar surface area (TPSA) is 82.8 Å². The fourth-order valence-electron chi connectivity index (χ4n) is 4.17. The Morgan fingerprint density at radius 2 is 1.83 bits per heavy atom. The second-order valence-electron chi connectivity index (χ2n) is 8.82. The van der Waals surface area contributed by atoms with E-state index < -0.39 is 0 Å². The lowest BCUT2D eigenvalue weighted by molar-refractivity contribution is -0.142. The summed E-state index contributed by atoms with van der Waals surface area (Å²) in [4.78, 5) is 31.3. The van der Waals surface area contributed by atoms with E-state index in [0.29, 0.717) is 54.2 Å². The van der Waals surface area contributed by atoms with Crippen molar-refractivity contribution < 1.29 is 14.0 Å². The number of carbonyl (C=O) groups is 2. The van der Waals surface area contributed by atoms with Crippen LogP contribution >= 0.6 is 23.2 Å². The Kier molecular flexibility index (Phi) is 6.92. The minimum atomic E-state index is -0.0518. The molecule has 3 heterocycles. The third-order valence-corrected chi connectivity index (χ3v) is 6.85. The van der Waals surface area contributed by atoms with Gasteiger partial charge in [0.1, 0.15) is 12.3 Å². The van der Waals surface area contributed by atoms with Gasteiger partial charge in [0.15, 0.2) is 5.82 Å². The molecule has 0 radical (unpaired) electrons. The van der Waals surface area contributed by atoms with Crippen LogP contribution in [0.15, 0.2) is 53.1 Å². The van der Waals surface area contributed by atoms with E-state index in [2.05, 4.69) is 15.1 Å². The quantitative estimate of drug-likeness (QED) is 0.472. The van der Waals surface area contributed by atoms with E-state index in [1.165, 1.54) is 0 Å². The molecule has 0 N–H and O–H groups in total. The zero-order chi connectivity index (χ0) is 24.4. The maximum Gasteiger partial charge on any atom is 0.242 e. The fourth-order valence-corrected chi connectivity index (χ4v) is 4.68. The van der Waals surface area contributed by atoms with E-state index in [-0.39, 0.29) is 24.3 Å². The Morgan fingerprint density at radius 1 is 1.03 bits per heavy atom. The van der Waals surface area contributed by atoms with Crippen LogP contribution < -0.4 is 4.90 Å². The van der Waals surface area contributed by atoms with Crippen molar-refractivity contribution in [2.75, 3.05) is 37.6 Å². The predicted molar refractivity (Wildman–Crippen MR) is 133 cm³/mol. The standard InChI is InChI=1S/C25H25Cl2N5O3/c26-18-5-6-20(21(27)14-18)22-7-8-23(29-28-22)30-9-11-31(12-10-30)24(33)16-32(25(34)17-3-4-17)15-19-2-1-13-35-19/h1-2,5-8,13-14,17H,3-4,9-12,15-16H2. The molecule has 0 unspecified atom stereocenters. The molecule has 3 aromatic rings. The molecule has 1 aliphatic heterocycles. The van der Waals surface area contributed by atoms with Crippen LogP contribution in [0.25, 0.3) is 11.3 Å². The number of nitrogens with zero attached hydrogens (tertiary/aromatic N) is 5. The Balaban J connectivity index is 1.18. The number of aromatic nitrogens is 2. The van der Waals surface area contributed by atoms with Gasteiger partial charge in [0.2, 0.25) is 11.8 Å². The molecule has 2 amide bonds. The van der Waals surface area contributed by atoms with Crippen molar-refractivity contribution in [2.45, 2.75) is 19.4 Å². The number of furan rings is 1. The van der Waals surface area contributed by atoms with Crippen LogP contribution in [-0.4, -0.2) is 64.5 Å². The van der Waals surface area contributed by atoms with Crippen LogP contribution in [0, 0.1) is 5.92 Å². The molecule has 2 fully saturated rings. The van der Waals surface area contributed by atoms with Gasteiger partial charge in [-0.25, -0.2) is 0 Å². The van der Waals surface area contributed by atoms with Gasteiger partial charge in [-0.05, 0) is 55.3 Å². The molecule has 35 heavy (non-hydrogen) atoms. The van der Waals surface area contributed by atoms with Crippen LogP contribution in [-0.2, 0) is 16.1 Å². The van der Waals surface area contributed by atoms with Crippen molar-refractivity contribution in [3.05, 3.63) is 64.5 Å². The molecule has 0 atom stereocenters. The molecule has 1 aromatic carbocycles. The minimum absolute atomic E-state index is 0.0320. The molecule has 0 bridgehead atoms. The highest BCUT2D eigenvalue weighted by atomic mass is 35.5. The third kappa shape index (κ3) is 5.60. The Labute approximate surface area is 213 Å².